The maximum atomic E-state index is 11.9. The number of aromatic hydroxyl groups is 2. The molecular weight excluding hydrogens is 575 g/mol. The van der Waals surface area contributed by atoms with Crippen LogP contribution in [0.1, 0.15) is 0 Å². The van der Waals surface area contributed by atoms with E-state index in [1.807, 2.05) is 78.9 Å². The Hall–Kier alpha value is -4.80. The highest BCUT2D eigenvalue weighted by Gasteiger charge is 2.27. The molecule has 0 saturated carbocycles. The largest absolute Gasteiger partial charge is 0.508 e. The lowest BCUT2D eigenvalue weighted by molar-refractivity contribution is 0.460. The molecule has 0 fully saturated rings. The van der Waals surface area contributed by atoms with Crippen molar-refractivity contribution < 1.29 is 10.2 Å². The van der Waals surface area contributed by atoms with Crippen molar-refractivity contribution >= 4 is 120 Å². The minimum atomic E-state index is -0.390. The van der Waals surface area contributed by atoms with Gasteiger partial charge in [0.15, 0.2) is 0 Å². The van der Waals surface area contributed by atoms with Crippen LogP contribution in [0.3, 0.4) is 0 Å². The van der Waals surface area contributed by atoms with Crippen LogP contribution in [0.2, 0.25) is 0 Å². The van der Waals surface area contributed by atoms with Crippen molar-refractivity contribution in [1.82, 2.24) is 0 Å². The van der Waals surface area contributed by atoms with E-state index < -0.39 is 11.5 Å². The number of phenolic OH excluding ortho intramolecular Hbond substituents is 2. The molecule has 2 nitrogen and oxygen atoms in total. The van der Waals surface area contributed by atoms with Crippen molar-refractivity contribution in [2.45, 2.75) is 0 Å². The van der Waals surface area contributed by atoms with Crippen molar-refractivity contribution in [1.29, 1.82) is 0 Å². The monoisotopic (exact) mass is 594 g/mol. The third kappa shape index (κ3) is 3.96. The molecule has 0 atom stereocenters. The number of fused-ring (bicyclic) bond motifs is 5. The summed E-state index contributed by atoms with van der Waals surface area (Å²) in [5, 5.41) is 29.0. The first kappa shape index (κ1) is 28.7. The van der Waals surface area contributed by atoms with Gasteiger partial charge in [0.1, 0.15) is 50.7 Å². The zero-order valence-corrected chi connectivity index (χ0v) is 25.3. The Kier molecular flexibility index (Phi) is 6.63. The normalized spacial score (nSPS) is 11.7. The van der Waals surface area contributed by atoms with E-state index in [1.54, 1.807) is 0 Å². The summed E-state index contributed by atoms with van der Waals surface area (Å²) in [7, 11) is 33.6. The van der Waals surface area contributed by atoms with Gasteiger partial charge in [-0.15, -0.1) is 11.3 Å². The molecule has 0 saturated heterocycles. The molecule has 8 rings (SSSR count). The maximum Gasteiger partial charge on any atom is 0.120 e. The van der Waals surface area contributed by atoms with Crippen LogP contribution in [0.15, 0.2) is 103 Å². The molecule has 0 bridgehead atoms. The summed E-state index contributed by atoms with van der Waals surface area (Å²) in [4.78, 5) is 0. The van der Waals surface area contributed by atoms with Crippen LogP contribution in [0.25, 0.3) is 75.1 Å². The number of rotatable bonds is 3. The highest BCUT2D eigenvalue weighted by Crippen LogP contribution is 2.45. The van der Waals surface area contributed by atoms with Crippen molar-refractivity contribution in [2.75, 3.05) is 0 Å². The molecule has 204 valence electrons. The molecule has 8 heteroatoms. The summed E-state index contributed by atoms with van der Waals surface area (Å²) in [5.74, 6) is -0.780. The second-order valence-electron chi connectivity index (χ2n) is 11.4. The van der Waals surface area contributed by atoms with Crippen LogP contribution >= 0.6 is 11.3 Å². The average Bonchev–Trinajstić information content (AvgIpc) is 3.48. The lowest BCUT2D eigenvalue weighted by Crippen LogP contribution is -2.34. The first-order valence-electron chi connectivity index (χ1n) is 14.7. The number of benzene rings is 7. The zero-order valence-electron chi connectivity index (χ0n) is 24.5. The number of thiophene rings is 1. The molecule has 1 heterocycles. The van der Waals surface area contributed by atoms with Crippen molar-refractivity contribution in [3.63, 3.8) is 0 Å². The van der Waals surface area contributed by atoms with Gasteiger partial charge in [-0.25, -0.2) is 0 Å². The second kappa shape index (κ2) is 10.6. The highest BCUT2D eigenvalue weighted by atomic mass is 32.1. The summed E-state index contributed by atoms with van der Waals surface area (Å²) >= 11 is 1.48. The fourth-order valence-corrected chi connectivity index (χ4v) is 8.07. The van der Waals surface area contributed by atoms with Crippen LogP contribution in [-0.4, -0.2) is 49.4 Å². The van der Waals surface area contributed by atoms with Crippen LogP contribution in [0.5, 0.6) is 11.5 Å². The Morgan fingerprint density at radius 2 is 0.848 bits per heavy atom. The number of hydrogen-bond donors (Lipinski definition) is 2. The third-order valence-electron chi connectivity index (χ3n) is 8.95. The summed E-state index contributed by atoms with van der Waals surface area (Å²) < 4.78 is 1.71. The molecule has 0 aliphatic rings. The minimum absolute atomic E-state index is 0.0132. The molecule has 2 N–H and O–H groups in total. The molecule has 8 aromatic rings. The van der Waals surface area contributed by atoms with E-state index in [4.69, 9.17) is 39.2 Å². The SMILES string of the molecule is [B]c1c(O)c(-c2c([B])c([B])c3sc4ccccc4c3c2[B])c(O)c([B])c1-c1c2ccccc2c(-c2ccccc2)c2ccccc12. The van der Waals surface area contributed by atoms with Gasteiger partial charge in [0.2, 0.25) is 0 Å². The molecule has 0 aliphatic heterocycles. The molecular formula is C38H19B5O2S. The first-order valence-corrected chi connectivity index (χ1v) is 15.5. The van der Waals surface area contributed by atoms with Gasteiger partial charge < -0.3 is 10.2 Å². The van der Waals surface area contributed by atoms with Gasteiger partial charge in [0.25, 0.3) is 0 Å². The Morgan fingerprint density at radius 3 is 1.41 bits per heavy atom. The average molecular weight is 594 g/mol. The number of hydrogen-bond acceptors (Lipinski definition) is 3. The molecule has 10 radical (unpaired) electrons. The Morgan fingerprint density at radius 1 is 0.391 bits per heavy atom. The highest BCUT2D eigenvalue weighted by molar-refractivity contribution is 7.27. The Balaban J connectivity index is 1.48. The lowest BCUT2D eigenvalue weighted by Gasteiger charge is -2.25. The minimum Gasteiger partial charge on any atom is -0.508 e. The van der Waals surface area contributed by atoms with Gasteiger partial charge in [-0.05, 0) is 77.1 Å². The smallest absolute Gasteiger partial charge is 0.120 e. The van der Waals surface area contributed by atoms with E-state index >= 15 is 0 Å². The first-order chi connectivity index (χ1) is 22.3. The van der Waals surface area contributed by atoms with Crippen molar-refractivity contribution in [2.24, 2.45) is 0 Å². The third-order valence-corrected chi connectivity index (χ3v) is 10.2. The summed E-state index contributed by atoms with van der Waals surface area (Å²) in [5.41, 5.74) is 3.91. The van der Waals surface area contributed by atoms with E-state index in [0.29, 0.717) is 22.0 Å². The quantitative estimate of drug-likeness (QED) is 0.230. The van der Waals surface area contributed by atoms with Gasteiger partial charge in [0, 0.05) is 9.40 Å². The Labute approximate surface area is 276 Å². The zero-order chi connectivity index (χ0) is 31.9. The van der Waals surface area contributed by atoms with Crippen molar-refractivity contribution in [3.05, 3.63) is 103 Å². The fraction of sp³-hybridized carbons (Fsp3) is 0. The van der Waals surface area contributed by atoms with E-state index in [2.05, 4.69) is 24.3 Å². The van der Waals surface area contributed by atoms with Crippen LogP contribution in [0.4, 0.5) is 0 Å². The summed E-state index contributed by atoms with van der Waals surface area (Å²) in [6.45, 7) is 0. The van der Waals surface area contributed by atoms with Crippen LogP contribution < -0.4 is 27.3 Å². The molecule has 0 unspecified atom stereocenters. The van der Waals surface area contributed by atoms with Gasteiger partial charge in [0.05, 0.1) is 5.56 Å². The number of phenols is 2. The standard InChI is InChI=1S/C38H19B5O2S/c39-31-27-23-16-8-9-17-24(23)46-38(27)35(43)32(40)29(31)30-36(44)33(41)28(34(42)37(30)45)26-21-14-6-4-12-19(21)25(18-10-2-1-3-11-18)20-13-5-7-15-22(20)26/h1-17,44-45H. The summed E-state index contributed by atoms with van der Waals surface area (Å²) in [6.07, 6.45) is 0. The molecule has 46 heavy (non-hydrogen) atoms. The molecule has 0 aliphatic carbocycles. The van der Waals surface area contributed by atoms with Crippen molar-refractivity contribution in [3.8, 4) is 44.9 Å². The van der Waals surface area contributed by atoms with Gasteiger partial charge >= 0.3 is 0 Å². The van der Waals surface area contributed by atoms with E-state index in [0.717, 1.165) is 47.5 Å². The molecule has 0 amide bonds. The fourth-order valence-electron chi connectivity index (χ4n) is 6.88. The predicted molar refractivity (Wildman–Crippen MR) is 201 cm³/mol. The topological polar surface area (TPSA) is 40.5 Å². The Bertz CT molecular complexity index is 2470. The van der Waals surface area contributed by atoms with Gasteiger partial charge in [-0.1, -0.05) is 113 Å². The van der Waals surface area contributed by atoms with Crippen LogP contribution in [-0.2, 0) is 0 Å². The summed E-state index contributed by atoms with van der Waals surface area (Å²) in [6, 6.07) is 33.9. The molecule has 1 aromatic heterocycles. The van der Waals surface area contributed by atoms with Crippen LogP contribution in [0, 0.1) is 0 Å². The second-order valence-corrected chi connectivity index (χ2v) is 12.5. The van der Waals surface area contributed by atoms with E-state index in [1.165, 1.54) is 11.3 Å². The van der Waals surface area contributed by atoms with Gasteiger partial charge in [-0.2, -0.15) is 0 Å². The van der Waals surface area contributed by atoms with E-state index in [9.17, 15) is 10.2 Å². The lowest BCUT2D eigenvalue weighted by atomic mass is 9.66. The molecule has 7 aromatic carbocycles. The maximum absolute atomic E-state index is 11.9. The van der Waals surface area contributed by atoms with E-state index in [-0.39, 0.29) is 33.0 Å². The molecule has 0 spiro atoms. The van der Waals surface area contributed by atoms with Gasteiger partial charge in [-0.3, -0.25) is 0 Å². The predicted octanol–water partition coefficient (Wildman–Crippen LogP) is 4.74.